The van der Waals surface area contributed by atoms with Gasteiger partial charge in [-0.1, -0.05) is 13.8 Å². The molecule has 0 radical (unpaired) electrons. The first-order valence-electron chi connectivity index (χ1n) is 9.20. The zero-order valence-corrected chi connectivity index (χ0v) is 16.6. The van der Waals surface area contributed by atoms with Crippen LogP contribution < -0.4 is 4.74 Å². The monoisotopic (exact) mass is 393 g/mol. The summed E-state index contributed by atoms with van der Waals surface area (Å²) < 4.78 is 45.5. The molecule has 1 aliphatic heterocycles. The predicted molar refractivity (Wildman–Crippen MR) is 100.0 cm³/mol. The van der Waals surface area contributed by atoms with Crippen molar-refractivity contribution in [3.63, 3.8) is 0 Å². The number of methoxy groups -OCH3 is 1. The zero-order valence-electron chi connectivity index (χ0n) is 15.7. The molecule has 1 spiro atoms. The third kappa shape index (κ3) is 2.47. The Morgan fingerprint density at radius 3 is 2.78 bits per heavy atom. The van der Waals surface area contributed by atoms with Gasteiger partial charge in [0.1, 0.15) is 11.6 Å². The first kappa shape index (κ1) is 18.5. The van der Waals surface area contributed by atoms with Crippen molar-refractivity contribution in [2.45, 2.75) is 39.2 Å². The number of ether oxygens (including phenoxy) is 1. The van der Waals surface area contributed by atoms with E-state index in [0.717, 1.165) is 23.6 Å². The molecular formula is C20H24FNO4S. The Morgan fingerprint density at radius 2 is 2.11 bits per heavy atom. The van der Waals surface area contributed by atoms with E-state index in [9.17, 15) is 17.6 Å². The molecule has 5 nitrogen and oxygen atoms in total. The summed E-state index contributed by atoms with van der Waals surface area (Å²) >= 11 is 0. The van der Waals surface area contributed by atoms with Crippen LogP contribution in [0.4, 0.5) is 4.39 Å². The summed E-state index contributed by atoms with van der Waals surface area (Å²) in [4.78, 5) is 12.9. The standard InChI is InChI=1S/C20H24FNO4S/c1-19(2)14-8-9-20(19)12-27(24,25)22(17(20)11-14)18(23)7-4-13-10-15(21)5-6-16(13)26-3/h4-7,10,14,17H,8-9,11-12H2,1-3H3/b7-4+/t14-,17-,20-/m0/s1. The molecule has 1 saturated heterocycles. The van der Waals surface area contributed by atoms with E-state index < -0.39 is 21.7 Å². The third-order valence-corrected chi connectivity index (χ3v) is 9.14. The number of sulfonamides is 1. The molecule has 2 bridgehead atoms. The summed E-state index contributed by atoms with van der Waals surface area (Å²) in [5, 5.41) is 0. The summed E-state index contributed by atoms with van der Waals surface area (Å²) in [5.41, 5.74) is -0.0448. The van der Waals surface area contributed by atoms with E-state index in [1.165, 1.54) is 37.5 Å². The fourth-order valence-electron chi connectivity index (χ4n) is 5.65. The van der Waals surface area contributed by atoms with Gasteiger partial charge in [-0.2, -0.15) is 0 Å². The van der Waals surface area contributed by atoms with Crippen LogP contribution in [0.2, 0.25) is 0 Å². The summed E-state index contributed by atoms with van der Waals surface area (Å²) in [6.07, 6.45) is 5.24. The van der Waals surface area contributed by atoms with E-state index in [-0.39, 0.29) is 22.6 Å². The second kappa shape index (κ2) is 5.80. The van der Waals surface area contributed by atoms with Crippen LogP contribution in [0.1, 0.15) is 38.7 Å². The molecule has 0 unspecified atom stereocenters. The van der Waals surface area contributed by atoms with E-state index >= 15 is 0 Å². The van der Waals surface area contributed by atoms with Gasteiger partial charge in [-0.3, -0.25) is 4.79 Å². The smallest absolute Gasteiger partial charge is 0.260 e. The molecule has 2 aliphatic carbocycles. The van der Waals surface area contributed by atoms with Crippen molar-refractivity contribution in [3.05, 3.63) is 35.7 Å². The van der Waals surface area contributed by atoms with Crippen molar-refractivity contribution in [2.75, 3.05) is 12.9 Å². The van der Waals surface area contributed by atoms with E-state index in [0.29, 0.717) is 17.2 Å². The minimum absolute atomic E-state index is 0.0387. The number of carbonyl (C=O) groups is 1. The quantitative estimate of drug-likeness (QED) is 0.740. The lowest BCUT2D eigenvalue weighted by Gasteiger charge is -2.36. The molecule has 0 N–H and O–H groups in total. The summed E-state index contributed by atoms with van der Waals surface area (Å²) in [5.74, 6) is -0.114. The number of carbonyl (C=O) groups excluding carboxylic acids is 1. The number of benzene rings is 1. The van der Waals surface area contributed by atoms with E-state index in [2.05, 4.69) is 13.8 Å². The minimum atomic E-state index is -3.66. The van der Waals surface area contributed by atoms with Gasteiger partial charge in [0.25, 0.3) is 5.91 Å². The Morgan fingerprint density at radius 1 is 1.37 bits per heavy atom. The van der Waals surface area contributed by atoms with Gasteiger partial charge in [-0.15, -0.1) is 0 Å². The lowest BCUT2D eigenvalue weighted by atomic mass is 9.69. The molecule has 0 aromatic heterocycles. The first-order valence-corrected chi connectivity index (χ1v) is 10.8. The molecular weight excluding hydrogens is 369 g/mol. The Hall–Kier alpha value is -1.89. The van der Waals surface area contributed by atoms with Gasteiger partial charge in [-0.05, 0) is 54.9 Å². The summed E-state index contributed by atoms with van der Waals surface area (Å²) in [6, 6.07) is 3.72. The summed E-state index contributed by atoms with van der Waals surface area (Å²) in [7, 11) is -2.20. The maximum atomic E-state index is 13.5. The average Bonchev–Trinajstić information content (AvgIpc) is 3.07. The molecule has 3 atom stereocenters. The second-order valence-electron chi connectivity index (χ2n) is 8.47. The maximum Gasteiger partial charge on any atom is 0.260 e. The second-order valence-corrected chi connectivity index (χ2v) is 10.3. The van der Waals surface area contributed by atoms with Crippen molar-refractivity contribution in [1.82, 2.24) is 4.31 Å². The lowest BCUT2D eigenvalue weighted by Crippen LogP contribution is -2.43. The van der Waals surface area contributed by atoms with Gasteiger partial charge in [0.15, 0.2) is 0 Å². The predicted octanol–water partition coefficient (Wildman–Crippen LogP) is 3.21. The van der Waals surface area contributed by atoms with Crippen LogP contribution in [-0.4, -0.2) is 37.5 Å². The number of fused-ring (bicyclic) bond motifs is 1. The van der Waals surface area contributed by atoms with Crippen molar-refractivity contribution in [3.8, 4) is 5.75 Å². The van der Waals surface area contributed by atoms with Crippen LogP contribution >= 0.6 is 0 Å². The van der Waals surface area contributed by atoms with Gasteiger partial charge in [-0.25, -0.2) is 17.1 Å². The molecule has 1 aromatic carbocycles. The number of hydrogen-bond acceptors (Lipinski definition) is 4. The molecule has 2 saturated carbocycles. The van der Waals surface area contributed by atoms with Gasteiger partial charge >= 0.3 is 0 Å². The highest BCUT2D eigenvalue weighted by molar-refractivity contribution is 7.90. The van der Waals surface area contributed by atoms with Crippen LogP contribution in [-0.2, 0) is 14.8 Å². The van der Waals surface area contributed by atoms with Crippen LogP contribution in [0.5, 0.6) is 5.75 Å². The van der Waals surface area contributed by atoms with E-state index in [1.807, 2.05) is 0 Å². The van der Waals surface area contributed by atoms with E-state index in [1.54, 1.807) is 0 Å². The van der Waals surface area contributed by atoms with Crippen molar-refractivity contribution in [1.29, 1.82) is 0 Å². The third-order valence-electron chi connectivity index (χ3n) is 7.23. The molecule has 1 amide bonds. The topological polar surface area (TPSA) is 63.7 Å². The highest BCUT2D eigenvalue weighted by Gasteiger charge is 2.72. The number of amides is 1. The Labute approximate surface area is 159 Å². The lowest BCUT2D eigenvalue weighted by molar-refractivity contribution is -0.123. The molecule has 3 aliphatic rings. The van der Waals surface area contributed by atoms with Crippen LogP contribution in [0.25, 0.3) is 6.08 Å². The van der Waals surface area contributed by atoms with Gasteiger partial charge in [0.05, 0.1) is 18.9 Å². The molecule has 3 fully saturated rings. The zero-order chi connectivity index (χ0) is 19.6. The normalized spacial score (nSPS) is 32.8. The number of rotatable bonds is 3. The highest BCUT2D eigenvalue weighted by atomic mass is 32.2. The first-order chi connectivity index (χ1) is 12.6. The largest absolute Gasteiger partial charge is 0.496 e. The number of halogens is 1. The van der Waals surface area contributed by atoms with Crippen molar-refractivity contribution in [2.24, 2.45) is 16.7 Å². The molecule has 1 aromatic rings. The average molecular weight is 393 g/mol. The van der Waals surface area contributed by atoms with Gasteiger partial charge < -0.3 is 4.74 Å². The fourth-order valence-corrected chi connectivity index (χ4v) is 8.16. The molecule has 7 heteroatoms. The Kier molecular flexibility index (Phi) is 3.97. The van der Waals surface area contributed by atoms with E-state index in [4.69, 9.17) is 4.74 Å². The fraction of sp³-hybridized carbons (Fsp3) is 0.550. The molecule has 1 heterocycles. The maximum absolute atomic E-state index is 13.5. The van der Waals surface area contributed by atoms with Crippen LogP contribution in [0, 0.1) is 22.6 Å². The van der Waals surface area contributed by atoms with Crippen LogP contribution in [0.3, 0.4) is 0 Å². The van der Waals surface area contributed by atoms with Crippen molar-refractivity contribution < 1.29 is 22.3 Å². The molecule has 27 heavy (non-hydrogen) atoms. The Balaban J connectivity index is 1.66. The molecule has 146 valence electrons. The SMILES string of the molecule is COc1ccc(F)cc1/C=C/C(=O)N1[C@H]2C[C@@H]3CC[C@@]2(CS1(=O)=O)C3(C)C. The number of nitrogens with zero attached hydrogens (tertiary/aromatic N) is 1. The molecule has 4 rings (SSSR count). The van der Waals surface area contributed by atoms with Crippen LogP contribution in [0.15, 0.2) is 24.3 Å². The highest BCUT2D eigenvalue weighted by Crippen LogP contribution is 2.69. The van der Waals surface area contributed by atoms with Crippen molar-refractivity contribution >= 4 is 22.0 Å². The van der Waals surface area contributed by atoms with Gasteiger partial charge in [0.2, 0.25) is 10.0 Å². The Bertz CT molecular complexity index is 939. The van der Waals surface area contributed by atoms with Gasteiger partial charge in [0, 0.05) is 17.1 Å². The summed E-state index contributed by atoms with van der Waals surface area (Å²) in [6.45, 7) is 4.28. The number of hydrogen-bond donors (Lipinski definition) is 0. The minimum Gasteiger partial charge on any atom is -0.496 e.